The maximum absolute atomic E-state index is 13.5. The quantitative estimate of drug-likeness (QED) is 0.135. The van der Waals surface area contributed by atoms with Crippen LogP contribution >= 0.6 is 22.7 Å². The molecule has 4 N–H and O–H groups in total. The van der Waals surface area contributed by atoms with Gasteiger partial charge in [-0.1, -0.05) is 48.5 Å². The summed E-state index contributed by atoms with van der Waals surface area (Å²) >= 11 is 3.17. The van der Waals surface area contributed by atoms with Gasteiger partial charge in [0, 0.05) is 25.5 Å². The van der Waals surface area contributed by atoms with Crippen LogP contribution in [-0.2, 0) is 9.59 Å². The highest BCUT2D eigenvalue weighted by Gasteiger charge is 2.37. The van der Waals surface area contributed by atoms with Crippen molar-refractivity contribution in [3.05, 3.63) is 36.4 Å². The zero-order chi connectivity index (χ0) is 35.2. The molecule has 0 unspecified atom stereocenters. The van der Waals surface area contributed by atoms with Crippen molar-refractivity contribution in [3.8, 4) is 31.2 Å². The molecule has 4 atom stereocenters. The van der Waals surface area contributed by atoms with Crippen molar-refractivity contribution in [3.63, 3.8) is 0 Å². The third kappa shape index (κ3) is 7.82. The number of nitrogens with one attached hydrogen (secondary N) is 4. The van der Waals surface area contributed by atoms with Crippen LogP contribution in [-0.4, -0.2) is 90.3 Å². The van der Waals surface area contributed by atoms with Crippen molar-refractivity contribution < 1.29 is 9.59 Å². The molecule has 0 radical (unpaired) electrons. The number of amides is 2. The van der Waals surface area contributed by atoms with E-state index in [1.807, 2.05) is 62.4 Å². The van der Waals surface area contributed by atoms with E-state index in [4.69, 9.17) is 15.0 Å². The molecule has 2 amide bonds. The van der Waals surface area contributed by atoms with Crippen molar-refractivity contribution in [1.29, 1.82) is 0 Å². The second kappa shape index (κ2) is 16.5. The Hall–Kier alpha value is -3.46. The van der Waals surface area contributed by atoms with Crippen molar-refractivity contribution in [2.75, 3.05) is 26.7 Å². The number of hydrogen-bond acceptors (Lipinski definition) is 10. The van der Waals surface area contributed by atoms with E-state index >= 15 is 0 Å². The molecule has 266 valence electrons. The number of rotatable bonds is 12. The van der Waals surface area contributed by atoms with Gasteiger partial charge >= 0.3 is 0 Å². The van der Waals surface area contributed by atoms with Crippen molar-refractivity contribution in [2.45, 2.75) is 98.3 Å². The predicted octanol–water partition coefficient (Wildman–Crippen LogP) is 6.28. The third-order valence-corrected chi connectivity index (χ3v) is 11.5. The van der Waals surface area contributed by atoms with Gasteiger partial charge in [0.15, 0.2) is 0 Å². The summed E-state index contributed by atoms with van der Waals surface area (Å²) < 4.78 is 0. The van der Waals surface area contributed by atoms with E-state index in [0.717, 1.165) is 88.1 Å². The number of likely N-dealkylation sites (N-methyl/N-ethyl adjacent to an activating group) is 2. The first-order valence-corrected chi connectivity index (χ1v) is 19.4. The number of nitrogens with zero attached hydrogens (tertiary/aromatic N) is 6. The minimum atomic E-state index is -0.212. The van der Waals surface area contributed by atoms with Gasteiger partial charge in [-0.25, -0.2) is 19.9 Å². The number of hydrogen-bond donors (Lipinski definition) is 4. The average molecular weight is 709 g/mol. The van der Waals surface area contributed by atoms with E-state index < -0.39 is 0 Å². The van der Waals surface area contributed by atoms with Gasteiger partial charge in [0.25, 0.3) is 0 Å². The minimum Gasteiger partial charge on any atom is -0.338 e. The molecule has 0 spiro atoms. The highest BCUT2D eigenvalue weighted by atomic mass is 32.1. The van der Waals surface area contributed by atoms with Gasteiger partial charge in [0.05, 0.1) is 57.7 Å². The SMILES string of the molecule is CC.CCN[C@H](C(=O)N1CCC[C@H]1c1ncc(-c2ncc(-c3cnc(-c4cnc([C@@H]5CCCN5C(=O)[C@@H](NC)C(C)C)[nH]4)s3)s2)[nH]1)C(C)C. The Kier molecular flexibility index (Phi) is 12.4. The molecule has 4 aromatic heterocycles. The van der Waals surface area contributed by atoms with Gasteiger partial charge in [0.1, 0.15) is 21.7 Å². The van der Waals surface area contributed by atoms with Crippen molar-refractivity contribution in [2.24, 2.45) is 11.8 Å². The van der Waals surface area contributed by atoms with Crippen LogP contribution in [0.1, 0.15) is 97.9 Å². The number of thiazole rings is 2. The lowest BCUT2D eigenvalue weighted by Gasteiger charge is -2.30. The molecule has 6 heterocycles. The van der Waals surface area contributed by atoms with Crippen LogP contribution in [0.25, 0.3) is 31.2 Å². The summed E-state index contributed by atoms with van der Waals surface area (Å²) in [6.07, 6.45) is 11.1. The summed E-state index contributed by atoms with van der Waals surface area (Å²) in [4.78, 5) is 58.5. The molecule has 2 aliphatic rings. The average Bonchev–Trinajstić information content (AvgIpc) is 3.94. The number of aromatic amines is 2. The molecule has 0 saturated carbocycles. The van der Waals surface area contributed by atoms with Gasteiger partial charge in [-0.15, -0.1) is 22.7 Å². The Bertz CT molecular complexity index is 1670. The first-order chi connectivity index (χ1) is 23.7. The molecule has 6 rings (SSSR count). The molecule has 0 aliphatic carbocycles. The summed E-state index contributed by atoms with van der Waals surface area (Å²) in [6.45, 7) is 16.6. The maximum Gasteiger partial charge on any atom is 0.240 e. The maximum atomic E-state index is 13.5. The van der Waals surface area contributed by atoms with Crippen LogP contribution < -0.4 is 10.6 Å². The monoisotopic (exact) mass is 708 g/mol. The lowest BCUT2D eigenvalue weighted by Crippen LogP contribution is -2.49. The van der Waals surface area contributed by atoms with Crippen LogP contribution in [0, 0.1) is 11.8 Å². The zero-order valence-electron chi connectivity index (χ0n) is 30.0. The van der Waals surface area contributed by atoms with Gasteiger partial charge in [0.2, 0.25) is 11.8 Å². The van der Waals surface area contributed by atoms with Gasteiger partial charge in [-0.05, 0) is 51.1 Å². The largest absolute Gasteiger partial charge is 0.338 e. The van der Waals surface area contributed by atoms with Gasteiger partial charge < -0.3 is 30.4 Å². The Labute approximate surface area is 298 Å². The molecule has 12 nitrogen and oxygen atoms in total. The molecule has 0 aromatic carbocycles. The topological polar surface area (TPSA) is 148 Å². The summed E-state index contributed by atoms with van der Waals surface area (Å²) in [6, 6.07) is -0.533. The number of aromatic nitrogens is 6. The highest BCUT2D eigenvalue weighted by molar-refractivity contribution is 7.24. The molecule has 49 heavy (non-hydrogen) atoms. The normalized spacial score (nSPS) is 19.1. The third-order valence-electron chi connectivity index (χ3n) is 9.21. The smallest absolute Gasteiger partial charge is 0.240 e. The Morgan fingerprint density at radius 3 is 1.63 bits per heavy atom. The lowest BCUT2D eigenvalue weighted by atomic mass is 10.0. The van der Waals surface area contributed by atoms with Crippen LogP contribution in [0.4, 0.5) is 0 Å². The van der Waals surface area contributed by atoms with E-state index in [2.05, 4.69) is 53.3 Å². The molecule has 2 saturated heterocycles. The number of likely N-dealkylation sites (tertiary alicyclic amines) is 2. The first kappa shape index (κ1) is 36.8. The molecule has 14 heteroatoms. The van der Waals surface area contributed by atoms with E-state index in [1.165, 1.54) is 0 Å². The van der Waals surface area contributed by atoms with Crippen LogP contribution in [0.15, 0.2) is 24.8 Å². The summed E-state index contributed by atoms with van der Waals surface area (Å²) in [5.74, 6) is 2.30. The summed E-state index contributed by atoms with van der Waals surface area (Å²) in [7, 11) is 1.85. The molecule has 4 aromatic rings. The lowest BCUT2D eigenvalue weighted by molar-refractivity contribution is -0.136. The first-order valence-electron chi connectivity index (χ1n) is 17.7. The Morgan fingerprint density at radius 2 is 1.22 bits per heavy atom. The standard InChI is InChI=1S/C33H46N10O2S2.C2H6/c1-7-35-27(19(4)5)33(45)43-13-9-11-23(43)29-37-15-21(41-29)31-39-17-25(47-31)24-16-38-30(46-24)20-14-36-28(40-20)22-10-8-12-42(22)32(44)26(34-6)18(2)3;1-2/h14-19,22-23,26-27,34-35H,7-13H2,1-6H3,(H,36,40)(H,37,41);1-2H3/t22-,23-,26-,27-;/m0./s1. The number of H-pyrrole nitrogens is 2. The van der Waals surface area contributed by atoms with E-state index in [9.17, 15) is 9.59 Å². The van der Waals surface area contributed by atoms with Crippen LogP contribution in [0.3, 0.4) is 0 Å². The van der Waals surface area contributed by atoms with Crippen LogP contribution in [0.2, 0.25) is 0 Å². The van der Waals surface area contributed by atoms with E-state index in [1.54, 1.807) is 22.7 Å². The second-order valence-corrected chi connectivity index (χ2v) is 15.2. The number of carbonyl (C=O) groups is 2. The predicted molar refractivity (Wildman–Crippen MR) is 197 cm³/mol. The van der Waals surface area contributed by atoms with Gasteiger partial charge in [-0.2, -0.15) is 0 Å². The summed E-state index contributed by atoms with van der Waals surface area (Å²) in [5, 5.41) is 8.23. The number of imidazole rings is 2. The molecular formula is C35H52N10O2S2. The second-order valence-electron chi connectivity index (χ2n) is 13.1. The summed E-state index contributed by atoms with van der Waals surface area (Å²) in [5.41, 5.74) is 1.69. The highest BCUT2D eigenvalue weighted by Crippen LogP contribution is 2.39. The zero-order valence-corrected chi connectivity index (χ0v) is 31.7. The molecule has 2 fully saturated rings. The Balaban J connectivity index is 0.00000230. The van der Waals surface area contributed by atoms with E-state index in [-0.39, 0.29) is 47.8 Å². The number of carbonyl (C=O) groups excluding carboxylic acids is 2. The molecule has 2 aliphatic heterocycles. The minimum absolute atomic E-state index is 0.0617. The van der Waals surface area contributed by atoms with Crippen LogP contribution in [0.5, 0.6) is 0 Å². The van der Waals surface area contributed by atoms with Gasteiger partial charge in [-0.3, -0.25) is 9.59 Å². The van der Waals surface area contributed by atoms with Crippen molar-refractivity contribution in [1.82, 2.24) is 50.3 Å². The van der Waals surface area contributed by atoms with Crippen molar-refractivity contribution >= 4 is 34.5 Å². The Morgan fingerprint density at radius 1 is 0.776 bits per heavy atom. The fraction of sp³-hybridized carbons (Fsp3) is 0.600. The fourth-order valence-corrected chi connectivity index (χ4v) is 8.63. The van der Waals surface area contributed by atoms with E-state index in [0.29, 0.717) is 0 Å². The molecular weight excluding hydrogens is 657 g/mol. The molecule has 0 bridgehead atoms. The fourth-order valence-electron chi connectivity index (χ4n) is 6.81.